The highest BCUT2D eigenvalue weighted by atomic mass is 17.1. The molecule has 0 spiro atoms. The number of ether oxygens (including phenoxy) is 4. The Balaban J connectivity index is -0.000000104. The molecule has 2 N–H and O–H groups in total. The minimum absolute atomic E-state index is 0.354. The Morgan fingerprint density at radius 1 is 0.775 bits per heavy atom. The van der Waals surface area contributed by atoms with Crippen LogP contribution in [0.15, 0.2) is 37.0 Å². The number of esters is 2. The van der Waals surface area contributed by atoms with Crippen molar-refractivity contribution in [1.82, 2.24) is 0 Å². The lowest BCUT2D eigenvalue weighted by Crippen LogP contribution is -2.36. The molecule has 0 aromatic rings. The highest BCUT2D eigenvalue weighted by Crippen LogP contribution is 2.13. The predicted molar refractivity (Wildman–Crippen MR) is 163 cm³/mol. The van der Waals surface area contributed by atoms with E-state index in [1.54, 1.807) is 18.2 Å². The van der Waals surface area contributed by atoms with Gasteiger partial charge in [-0.1, -0.05) is 73.1 Å². The van der Waals surface area contributed by atoms with Crippen LogP contribution in [0.1, 0.15) is 89.5 Å². The van der Waals surface area contributed by atoms with Gasteiger partial charge in [0, 0.05) is 13.2 Å². The number of carbonyl (C=O) groups is 2. The molecule has 0 aliphatic rings. The van der Waals surface area contributed by atoms with E-state index in [4.69, 9.17) is 20.0 Å². The van der Waals surface area contributed by atoms with Crippen LogP contribution in [0.2, 0.25) is 0 Å². The third-order valence-electron chi connectivity index (χ3n) is 4.09. The molecule has 2 unspecified atom stereocenters. The average molecular weight is 583 g/mol. The fraction of sp³-hybridized carbons (Fsp3) is 0.733. The summed E-state index contributed by atoms with van der Waals surface area (Å²) in [7, 11) is 2.44. The Morgan fingerprint density at radius 3 is 1.18 bits per heavy atom. The highest BCUT2D eigenvalue weighted by Gasteiger charge is 2.34. The van der Waals surface area contributed by atoms with Crippen molar-refractivity contribution in [2.24, 2.45) is 5.92 Å². The SMILES string of the molecule is C=CC.CC.CC.CCC(C)C.CCOC/C=C/C(C)(OO)C(=O)OC.CCOC/C=C/C(C)(OO)C(=O)OC. The highest BCUT2D eigenvalue weighted by molar-refractivity contribution is 5.81. The first kappa shape index (κ1) is 50.7. The maximum Gasteiger partial charge on any atom is 0.345 e. The summed E-state index contributed by atoms with van der Waals surface area (Å²) in [6, 6.07) is 0. The maximum absolute atomic E-state index is 11.1. The second-order valence-electron chi connectivity index (χ2n) is 7.71. The van der Waals surface area contributed by atoms with Gasteiger partial charge in [0.25, 0.3) is 0 Å². The Bertz CT molecular complexity index is 547. The van der Waals surface area contributed by atoms with Crippen LogP contribution in [0.25, 0.3) is 0 Å². The zero-order valence-electron chi connectivity index (χ0n) is 27.9. The molecule has 0 amide bonds. The van der Waals surface area contributed by atoms with Crippen LogP contribution in [0.4, 0.5) is 0 Å². The molecule has 0 heterocycles. The summed E-state index contributed by atoms with van der Waals surface area (Å²) < 4.78 is 18.9. The van der Waals surface area contributed by atoms with Crippen molar-refractivity contribution in [2.45, 2.75) is 101 Å². The zero-order valence-corrected chi connectivity index (χ0v) is 27.9. The molecule has 0 rings (SSSR count). The van der Waals surface area contributed by atoms with Crippen LogP contribution < -0.4 is 0 Å². The number of allylic oxidation sites excluding steroid dienone is 1. The van der Waals surface area contributed by atoms with E-state index in [0.717, 1.165) is 5.92 Å². The monoisotopic (exact) mass is 582 g/mol. The van der Waals surface area contributed by atoms with Gasteiger partial charge in [-0.05, 0) is 52.7 Å². The van der Waals surface area contributed by atoms with Crippen LogP contribution in [-0.4, -0.2) is 74.3 Å². The second kappa shape index (κ2) is 39.1. The van der Waals surface area contributed by atoms with E-state index in [9.17, 15) is 9.59 Å². The number of hydrogen-bond acceptors (Lipinski definition) is 10. The normalized spacial score (nSPS) is 12.6. The van der Waals surface area contributed by atoms with Gasteiger partial charge in [-0.15, -0.1) is 6.58 Å². The molecule has 0 saturated carbocycles. The maximum atomic E-state index is 11.1. The van der Waals surface area contributed by atoms with Gasteiger partial charge in [-0.25, -0.2) is 19.4 Å². The summed E-state index contributed by atoms with van der Waals surface area (Å²) in [4.78, 5) is 30.4. The van der Waals surface area contributed by atoms with Crippen molar-refractivity contribution in [3.05, 3.63) is 37.0 Å². The molecule has 40 heavy (non-hydrogen) atoms. The fourth-order valence-electron chi connectivity index (χ4n) is 1.59. The summed E-state index contributed by atoms with van der Waals surface area (Å²) in [6.45, 7) is 28.3. The molecular formula is C30H62O10. The Kier molecular flexibility index (Phi) is 49.5. The molecule has 10 nitrogen and oxygen atoms in total. The van der Waals surface area contributed by atoms with Crippen molar-refractivity contribution in [2.75, 3.05) is 40.6 Å². The van der Waals surface area contributed by atoms with Crippen LogP contribution in [0.5, 0.6) is 0 Å². The van der Waals surface area contributed by atoms with Gasteiger partial charge < -0.3 is 18.9 Å². The van der Waals surface area contributed by atoms with Crippen LogP contribution in [0, 0.1) is 5.92 Å². The molecule has 2 atom stereocenters. The van der Waals surface area contributed by atoms with Gasteiger partial charge in [0.05, 0.1) is 27.4 Å². The second-order valence-corrected chi connectivity index (χ2v) is 7.71. The molecule has 0 fully saturated rings. The van der Waals surface area contributed by atoms with Gasteiger partial charge in [-0.2, -0.15) is 0 Å². The molecule has 0 saturated heterocycles. The van der Waals surface area contributed by atoms with Crippen LogP contribution >= 0.6 is 0 Å². The van der Waals surface area contributed by atoms with Gasteiger partial charge in [0.2, 0.25) is 11.2 Å². The van der Waals surface area contributed by atoms with Gasteiger partial charge in [0.15, 0.2) is 0 Å². The number of hydrogen-bond donors (Lipinski definition) is 2. The summed E-state index contributed by atoms with van der Waals surface area (Å²) in [5.41, 5.74) is -2.93. The van der Waals surface area contributed by atoms with E-state index >= 15 is 0 Å². The molecule has 0 aromatic heterocycles. The van der Waals surface area contributed by atoms with Gasteiger partial charge >= 0.3 is 11.9 Å². The molecule has 0 aliphatic carbocycles. The molecular weight excluding hydrogens is 520 g/mol. The molecule has 242 valence electrons. The Hall–Kier alpha value is -2.08. The molecule has 0 bridgehead atoms. The van der Waals surface area contributed by atoms with Crippen LogP contribution in [0.3, 0.4) is 0 Å². The molecule has 0 radical (unpaired) electrons. The van der Waals surface area contributed by atoms with Crippen molar-refractivity contribution < 1.29 is 48.8 Å². The average Bonchev–Trinajstić information content (AvgIpc) is 2.99. The first-order valence-electron chi connectivity index (χ1n) is 13.8. The lowest BCUT2D eigenvalue weighted by atomic mass is 10.1. The van der Waals surface area contributed by atoms with E-state index in [2.05, 4.69) is 46.6 Å². The summed E-state index contributed by atoms with van der Waals surface area (Å²) in [5.74, 6) is -0.463. The summed E-state index contributed by atoms with van der Waals surface area (Å²) >= 11 is 0. The number of rotatable bonds is 13. The lowest BCUT2D eigenvalue weighted by Gasteiger charge is -2.18. The van der Waals surface area contributed by atoms with Crippen molar-refractivity contribution in [3.63, 3.8) is 0 Å². The van der Waals surface area contributed by atoms with Crippen LogP contribution in [-0.2, 0) is 38.3 Å². The standard InChI is InChI=1S/2C9H16O5.C5H12.C3H6.2C2H6/c2*1-4-13-7-5-6-9(2,14-11)8(10)12-3;1-4-5(2)3;1-3-2;2*1-2/h2*5-6,11H,4,7H2,1-3H3;5H,4H2,1-3H3;3H,1H2,2H3;2*1-2H3/b2*6-5+;;;;. The summed E-state index contributed by atoms with van der Waals surface area (Å²) in [5, 5.41) is 17.1. The number of methoxy groups -OCH3 is 2. The van der Waals surface area contributed by atoms with Gasteiger partial charge in [0.1, 0.15) is 0 Å². The third-order valence-corrected chi connectivity index (χ3v) is 4.09. The molecule has 0 aliphatic heterocycles. The Labute approximate surface area is 245 Å². The minimum Gasteiger partial charge on any atom is -0.467 e. The summed E-state index contributed by atoms with van der Waals surface area (Å²) in [6.07, 6.45) is 8.98. The van der Waals surface area contributed by atoms with Crippen molar-refractivity contribution in [1.29, 1.82) is 0 Å². The third kappa shape index (κ3) is 33.9. The number of carbonyl (C=O) groups excluding carboxylic acids is 2. The smallest absolute Gasteiger partial charge is 0.345 e. The zero-order chi connectivity index (χ0) is 33.0. The minimum atomic E-state index is -1.47. The molecule has 0 aromatic carbocycles. The molecule has 10 heteroatoms. The quantitative estimate of drug-likeness (QED) is 0.0750. The van der Waals surface area contributed by atoms with Gasteiger partial charge in [-0.3, -0.25) is 10.5 Å². The predicted octanol–water partition coefficient (Wildman–Crippen LogP) is 7.30. The fourth-order valence-corrected chi connectivity index (χ4v) is 1.59. The van der Waals surface area contributed by atoms with E-state index in [1.165, 1.54) is 46.6 Å². The van der Waals surface area contributed by atoms with Crippen molar-refractivity contribution in [3.8, 4) is 0 Å². The topological polar surface area (TPSA) is 130 Å². The first-order chi connectivity index (χ1) is 18.9. The Morgan fingerprint density at radius 2 is 1.02 bits per heavy atom. The van der Waals surface area contributed by atoms with E-state index in [0.29, 0.717) is 26.4 Å². The largest absolute Gasteiger partial charge is 0.467 e. The lowest BCUT2D eigenvalue weighted by molar-refractivity contribution is -0.298. The van der Waals surface area contributed by atoms with Crippen molar-refractivity contribution >= 4 is 11.9 Å². The van der Waals surface area contributed by atoms with E-state index in [1.807, 2.05) is 48.5 Å². The first-order valence-corrected chi connectivity index (χ1v) is 13.8. The van der Waals surface area contributed by atoms with E-state index in [-0.39, 0.29) is 0 Å². The van der Waals surface area contributed by atoms with E-state index < -0.39 is 23.1 Å².